The molecule has 1 unspecified atom stereocenters. The Morgan fingerprint density at radius 3 is 3.00 bits per heavy atom. The number of aliphatic carboxylic acids is 1. The zero-order valence-electron chi connectivity index (χ0n) is 8.89. The fourth-order valence-electron chi connectivity index (χ4n) is 2.02. The Labute approximate surface area is 88.9 Å². The summed E-state index contributed by atoms with van der Waals surface area (Å²) in [4.78, 5) is 10.6. The minimum absolute atomic E-state index is 0.0469. The van der Waals surface area contributed by atoms with Crippen molar-refractivity contribution in [2.24, 2.45) is 0 Å². The predicted molar refractivity (Wildman–Crippen MR) is 55.8 cm³/mol. The number of carboxylic acid groups (broad SMARTS) is 1. The zero-order chi connectivity index (χ0) is 10.8. The van der Waals surface area contributed by atoms with E-state index in [1.165, 1.54) is 19.3 Å². The molecule has 1 saturated carbocycles. The van der Waals surface area contributed by atoms with Gasteiger partial charge in [-0.15, -0.1) is 0 Å². The molecular formula is C11H16N2O2. The normalized spacial score (nSPS) is 18.5. The molecule has 0 saturated heterocycles. The van der Waals surface area contributed by atoms with Gasteiger partial charge in [-0.25, -0.2) is 0 Å². The predicted octanol–water partition coefficient (Wildman–Crippen LogP) is 2.19. The van der Waals surface area contributed by atoms with Crippen molar-refractivity contribution in [1.82, 2.24) is 9.78 Å². The van der Waals surface area contributed by atoms with E-state index in [-0.39, 0.29) is 12.3 Å². The van der Waals surface area contributed by atoms with E-state index in [0.29, 0.717) is 6.04 Å². The third-order valence-corrected chi connectivity index (χ3v) is 3.11. The van der Waals surface area contributed by atoms with Gasteiger partial charge in [0.05, 0.1) is 12.5 Å². The first kappa shape index (κ1) is 10.2. The molecule has 0 amide bonds. The molecule has 1 heterocycles. The maximum Gasteiger partial charge on any atom is 0.304 e. The second kappa shape index (κ2) is 4.04. The number of hydrogen-bond donors (Lipinski definition) is 1. The molecule has 1 aromatic heterocycles. The van der Waals surface area contributed by atoms with Gasteiger partial charge in [-0.3, -0.25) is 9.48 Å². The van der Waals surface area contributed by atoms with E-state index in [2.05, 4.69) is 5.10 Å². The summed E-state index contributed by atoms with van der Waals surface area (Å²) in [5.74, 6) is -0.700. The lowest BCUT2D eigenvalue weighted by atomic mass is 9.92. The van der Waals surface area contributed by atoms with Crippen LogP contribution in [-0.4, -0.2) is 20.9 Å². The van der Waals surface area contributed by atoms with Crippen LogP contribution in [0.2, 0.25) is 0 Å². The largest absolute Gasteiger partial charge is 0.481 e. The van der Waals surface area contributed by atoms with Gasteiger partial charge < -0.3 is 5.11 Å². The molecule has 0 aromatic carbocycles. The molecule has 15 heavy (non-hydrogen) atoms. The van der Waals surface area contributed by atoms with E-state index in [1.54, 1.807) is 6.20 Å². The van der Waals surface area contributed by atoms with Gasteiger partial charge in [0.15, 0.2) is 0 Å². The van der Waals surface area contributed by atoms with E-state index in [4.69, 9.17) is 5.11 Å². The van der Waals surface area contributed by atoms with Crippen molar-refractivity contribution >= 4 is 5.97 Å². The summed E-state index contributed by atoms with van der Waals surface area (Å²) >= 11 is 0. The van der Waals surface area contributed by atoms with E-state index in [1.807, 2.05) is 17.7 Å². The first-order chi connectivity index (χ1) is 7.18. The number of hydrogen-bond acceptors (Lipinski definition) is 2. The second-order valence-corrected chi connectivity index (χ2v) is 4.28. The van der Waals surface area contributed by atoms with Crippen molar-refractivity contribution in [2.45, 2.75) is 44.6 Å². The SMILES string of the molecule is CC(CC(=O)O)c1ccnn1C1CCC1. The summed E-state index contributed by atoms with van der Waals surface area (Å²) in [5, 5.41) is 13.0. The van der Waals surface area contributed by atoms with Crippen LogP contribution in [0.25, 0.3) is 0 Å². The molecule has 1 aromatic rings. The Morgan fingerprint density at radius 1 is 1.73 bits per heavy atom. The summed E-state index contributed by atoms with van der Waals surface area (Å²) in [6.07, 6.45) is 5.56. The zero-order valence-corrected chi connectivity index (χ0v) is 8.89. The number of nitrogens with zero attached hydrogens (tertiary/aromatic N) is 2. The average molecular weight is 208 g/mol. The van der Waals surface area contributed by atoms with Crippen LogP contribution < -0.4 is 0 Å². The summed E-state index contributed by atoms with van der Waals surface area (Å²) in [6, 6.07) is 2.44. The van der Waals surface area contributed by atoms with Crippen molar-refractivity contribution in [2.75, 3.05) is 0 Å². The van der Waals surface area contributed by atoms with Gasteiger partial charge in [-0.05, 0) is 25.3 Å². The molecule has 82 valence electrons. The van der Waals surface area contributed by atoms with E-state index in [0.717, 1.165) is 5.69 Å². The van der Waals surface area contributed by atoms with Crippen LogP contribution in [0.1, 0.15) is 50.3 Å². The Kier molecular flexibility index (Phi) is 2.75. The Balaban J connectivity index is 2.12. The fraction of sp³-hybridized carbons (Fsp3) is 0.636. The summed E-state index contributed by atoms with van der Waals surface area (Å²) in [5.41, 5.74) is 1.06. The van der Waals surface area contributed by atoms with E-state index in [9.17, 15) is 4.79 Å². The maximum atomic E-state index is 10.6. The van der Waals surface area contributed by atoms with Gasteiger partial charge in [-0.1, -0.05) is 6.92 Å². The van der Waals surface area contributed by atoms with Crippen LogP contribution in [0.15, 0.2) is 12.3 Å². The molecule has 1 N–H and O–H groups in total. The Hall–Kier alpha value is -1.32. The molecule has 0 bridgehead atoms. The Morgan fingerprint density at radius 2 is 2.47 bits per heavy atom. The van der Waals surface area contributed by atoms with Gasteiger partial charge >= 0.3 is 5.97 Å². The molecule has 1 aliphatic rings. The van der Waals surface area contributed by atoms with E-state index < -0.39 is 5.97 Å². The van der Waals surface area contributed by atoms with E-state index >= 15 is 0 Å². The van der Waals surface area contributed by atoms with Crippen molar-refractivity contribution in [3.63, 3.8) is 0 Å². The Bertz CT molecular complexity index is 355. The van der Waals surface area contributed by atoms with Gasteiger partial charge in [0.2, 0.25) is 0 Å². The van der Waals surface area contributed by atoms with Crippen molar-refractivity contribution in [3.8, 4) is 0 Å². The molecule has 1 fully saturated rings. The summed E-state index contributed by atoms with van der Waals surface area (Å²) < 4.78 is 2.01. The highest BCUT2D eigenvalue weighted by Gasteiger charge is 2.24. The molecule has 2 rings (SSSR count). The lowest BCUT2D eigenvalue weighted by molar-refractivity contribution is -0.137. The highest BCUT2D eigenvalue weighted by atomic mass is 16.4. The van der Waals surface area contributed by atoms with Crippen LogP contribution in [0, 0.1) is 0 Å². The van der Waals surface area contributed by atoms with Crippen LogP contribution >= 0.6 is 0 Å². The minimum atomic E-state index is -0.746. The summed E-state index contributed by atoms with van der Waals surface area (Å²) in [7, 11) is 0. The van der Waals surface area contributed by atoms with Crippen LogP contribution in [0.5, 0.6) is 0 Å². The maximum absolute atomic E-state index is 10.6. The van der Waals surface area contributed by atoms with Crippen LogP contribution in [0.4, 0.5) is 0 Å². The highest BCUT2D eigenvalue weighted by Crippen LogP contribution is 2.33. The number of carbonyl (C=O) groups is 1. The van der Waals surface area contributed by atoms with Gasteiger partial charge in [0, 0.05) is 17.8 Å². The molecule has 0 aliphatic heterocycles. The lowest BCUT2D eigenvalue weighted by Gasteiger charge is -2.28. The van der Waals surface area contributed by atoms with Crippen LogP contribution in [0.3, 0.4) is 0 Å². The fourth-order valence-corrected chi connectivity index (χ4v) is 2.02. The van der Waals surface area contributed by atoms with Gasteiger partial charge in [0.25, 0.3) is 0 Å². The van der Waals surface area contributed by atoms with Crippen LogP contribution in [-0.2, 0) is 4.79 Å². The van der Waals surface area contributed by atoms with Crippen molar-refractivity contribution < 1.29 is 9.90 Å². The molecule has 1 aliphatic carbocycles. The molecule has 0 spiro atoms. The summed E-state index contributed by atoms with van der Waals surface area (Å²) in [6.45, 7) is 1.94. The lowest BCUT2D eigenvalue weighted by Crippen LogP contribution is -2.21. The van der Waals surface area contributed by atoms with Gasteiger partial charge in [-0.2, -0.15) is 5.10 Å². The molecular weight excluding hydrogens is 192 g/mol. The third kappa shape index (κ3) is 2.03. The molecule has 1 atom stereocenters. The number of carboxylic acids is 1. The second-order valence-electron chi connectivity index (χ2n) is 4.28. The first-order valence-electron chi connectivity index (χ1n) is 5.43. The topological polar surface area (TPSA) is 55.1 Å². The highest BCUT2D eigenvalue weighted by molar-refractivity contribution is 5.67. The smallest absolute Gasteiger partial charge is 0.304 e. The molecule has 4 nitrogen and oxygen atoms in total. The number of rotatable bonds is 4. The van der Waals surface area contributed by atoms with Crippen molar-refractivity contribution in [3.05, 3.63) is 18.0 Å². The van der Waals surface area contributed by atoms with Crippen molar-refractivity contribution in [1.29, 1.82) is 0 Å². The quantitative estimate of drug-likeness (QED) is 0.825. The molecule has 0 radical (unpaired) electrons. The molecule has 4 heteroatoms. The third-order valence-electron chi connectivity index (χ3n) is 3.11. The minimum Gasteiger partial charge on any atom is -0.481 e. The first-order valence-corrected chi connectivity index (χ1v) is 5.43. The average Bonchev–Trinajstić information content (AvgIpc) is 2.48. The monoisotopic (exact) mass is 208 g/mol. The van der Waals surface area contributed by atoms with Gasteiger partial charge in [0.1, 0.15) is 0 Å². The standard InChI is InChI=1S/C11H16N2O2/c1-8(7-11(14)15)10-5-6-12-13(10)9-3-2-4-9/h5-6,8-9H,2-4,7H2,1H3,(H,14,15). The number of aromatic nitrogens is 2.